The van der Waals surface area contributed by atoms with Crippen molar-refractivity contribution < 1.29 is 9.53 Å². The average Bonchev–Trinajstić information content (AvgIpc) is 3.53. The van der Waals surface area contributed by atoms with E-state index < -0.39 is 0 Å². The first-order chi connectivity index (χ1) is 17.6. The van der Waals surface area contributed by atoms with Crippen molar-refractivity contribution in [1.82, 2.24) is 29.5 Å². The van der Waals surface area contributed by atoms with Crippen molar-refractivity contribution >= 4 is 17.1 Å². The predicted octanol–water partition coefficient (Wildman–Crippen LogP) is 5.03. The molecule has 1 unspecified atom stereocenters. The van der Waals surface area contributed by atoms with Gasteiger partial charge < -0.3 is 10.1 Å². The van der Waals surface area contributed by atoms with E-state index in [-0.39, 0.29) is 11.9 Å². The Balaban J connectivity index is 1.28. The second-order valence-corrected chi connectivity index (χ2v) is 8.89. The van der Waals surface area contributed by atoms with Gasteiger partial charge in [0.1, 0.15) is 17.1 Å². The molecule has 36 heavy (non-hydrogen) atoms. The molecule has 0 radical (unpaired) electrons. The smallest absolute Gasteiger partial charge is 0.220 e. The van der Waals surface area contributed by atoms with Crippen LogP contribution in [0.4, 0.5) is 0 Å². The number of nitrogens with one attached hydrogen (secondary N) is 1. The third kappa shape index (κ3) is 5.07. The van der Waals surface area contributed by atoms with Gasteiger partial charge in [-0.2, -0.15) is 5.10 Å². The molecule has 3 aromatic heterocycles. The van der Waals surface area contributed by atoms with Crippen LogP contribution in [0.3, 0.4) is 0 Å². The van der Waals surface area contributed by atoms with Crippen LogP contribution in [0.2, 0.25) is 0 Å². The number of amides is 1. The third-order valence-electron chi connectivity index (χ3n) is 6.26. The van der Waals surface area contributed by atoms with Crippen LogP contribution in [0.5, 0.6) is 5.75 Å². The summed E-state index contributed by atoms with van der Waals surface area (Å²) in [6.45, 7) is 4.86. The van der Waals surface area contributed by atoms with Gasteiger partial charge >= 0.3 is 0 Å². The minimum absolute atomic E-state index is 0.0158. The van der Waals surface area contributed by atoms with E-state index in [0.29, 0.717) is 18.5 Å². The summed E-state index contributed by atoms with van der Waals surface area (Å²) in [5, 5.41) is 16.5. The molecular formula is C28H30N6O2. The first-order valence-corrected chi connectivity index (χ1v) is 12.4. The van der Waals surface area contributed by atoms with Crippen molar-refractivity contribution in [3.05, 3.63) is 84.4 Å². The number of rotatable bonds is 10. The summed E-state index contributed by atoms with van der Waals surface area (Å²) >= 11 is 0. The number of aryl methyl sites for hydroxylation is 1. The number of ether oxygens (including phenoxy) is 1. The second-order valence-electron chi connectivity index (χ2n) is 8.89. The maximum atomic E-state index is 12.5. The van der Waals surface area contributed by atoms with Gasteiger partial charge in [0.25, 0.3) is 0 Å². The van der Waals surface area contributed by atoms with E-state index in [1.54, 1.807) is 0 Å². The molecule has 0 aliphatic carbocycles. The lowest BCUT2D eigenvalue weighted by molar-refractivity contribution is -0.121. The predicted molar refractivity (Wildman–Crippen MR) is 139 cm³/mol. The van der Waals surface area contributed by atoms with Crippen LogP contribution in [0.15, 0.2) is 73.1 Å². The van der Waals surface area contributed by atoms with Gasteiger partial charge in [-0.15, -0.1) is 10.2 Å². The lowest BCUT2D eigenvalue weighted by Gasteiger charge is -2.14. The first-order valence-electron chi connectivity index (χ1n) is 12.4. The highest BCUT2D eigenvalue weighted by Crippen LogP contribution is 2.24. The zero-order chi connectivity index (χ0) is 24.9. The number of nitrogens with zero attached hydrogens (tertiary/aromatic N) is 5. The van der Waals surface area contributed by atoms with Gasteiger partial charge in [0, 0.05) is 30.8 Å². The van der Waals surface area contributed by atoms with Crippen molar-refractivity contribution in [2.75, 3.05) is 6.61 Å². The molecule has 0 spiro atoms. The van der Waals surface area contributed by atoms with Crippen LogP contribution < -0.4 is 10.1 Å². The fourth-order valence-corrected chi connectivity index (χ4v) is 4.19. The molecule has 3 heterocycles. The number of aromatic nitrogens is 5. The Hall–Kier alpha value is -4.20. The molecule has 0 bridgehead atoms. The van der Waals surface area contributed by atoms with Gasteiger partial charge in [-0.3, -0.25) is 9.20 Å². The van der Waals surface area contributed by atoms with E-state index >= 15 is 0 Å². The molecule has 0 saturated heterocycles. The van der Waals surface area contributed by atoms with Crippen molar-refractivity contribution in [1.29, 1.82) is 0 Å². The topological polar surface area (TPSA) is 85.8 Å². The van der Waals surface area contributed by atoms with Crippen LogP contribution in [0, 0.1) is 0 Å². The Morgan fingerprint density at radius 2 is 1.86 bits per heavy atom. The zero-order valence-corrected chi connectivity index (χ0v) is 20.6. The molecule has 8 heteroatoms. The second kappa shape index (κ2) is 10.6. The summed E-state index contributed by atoms with van der Waals surface area (Å²) in [5.41, 5.74) is 4.50. The molecule has 5 rings (SSSR count). The van der Waals surface area contributed by atoms with Crippen molar-refractivity contribution in [2.45, 2.75) is 45.6 Å². The Bertz CT molecular complexity index is 1460. The van der Waals surface area contributed by atoms with E-state index in [4.69, 9.17) is 9.84 Å². The van der Waals surface area contributed by atoms with Crippen molar-refractivity contribution in [3.8, 4) is 17.0 Å². The number of hydrogen-bond acceptors (Lipinski definition) is 5. The van der Waals surface area contributed by atoms with Gasteiger partial charge in [0.05, 0.1) is 18.3 Å². The van der Waals surface area contributed by atoms with Gasteiger partial charge in [0.2, 0.25) is 5.91 Å². The fraction of sp³-hybridized carbons (Fsp3) is 0.286. The van der Waals surface area contributed by atoms with E-state index in [1.807, 2.05) is 88.9 Å². The summed E-state index contributed by atoms with van der Waals surface area (Å²) in [5.74, 6) is 1.59. The van der Waals surface area contributed by atoms with Gasteiger partial charge in [-0.25, -0.2) is 4.52 Å². The standard InChI is InChI=1S/C28H30N6O2/c1-3-4-18-36-23-12-10-22(11-13-23)24-19-25-28-31-30-26(33(28)16-17-34(25)32-24)14-15-27(35)29-20(2)21-8-6-5-7-9-21/h5-13,16-17,19-20H,3-4,14-15,18H2,1-2H3,(H,29,35). The first kappa shape index (κ1) is 23.5. The minimum Gasteiger partial charge on any atom is -0.494 e. The quantitative estimate of drug-likeness (QED) is 0.282. The zero-order valence-electron chi connectivity index (χ0n) is 20.6. The van der Waals surface area contributed by atoms with Crippen LogP contribution >= 0.6 is 0 Å². The van der Waals surface area contributed by atoms with Gasteiger partial charge in [0.15, 0.2) is 5.65 Å². The normalized spacial score (nSPS) is 12.2. The average molecular weight is 483 g/mol. The molecule has 184 valence electrons. The molecule has 1 atom stereocenters. The van der Waals surface area contributed by atoms with Crippen molar-refractivity contribution in [3.63, 3.8) is 0 Å². The highest BCUT2D eigenvalue weighted by Gasteiger charge is 2.15. The maximum absolute atomic E-state index is 12.5. The van der Waals surface area contributed by atoms with Crippen LogP contribution in [-0.2, 0) is 11.2 Å². The summed E-state index contributed by atoms with van der Waals surface area (Å²) in [4.78, 5) is 12.5. The number of carbonyl (C=O) groups excluding carboxylic acids is 1. The molecular weight excluding hydrogens is 452 g/mol. The Morgan fingerprint density at radius 1 is 1.06 bits per heavy atom. The molecule has 8 nitrogen and oxygen atoms in total. The number of fused-ring (bicyclic) bond motifs is 3. The monoisotopic (exact) mass is 482 g/mol. The maximum Gasteiger partial charge on any atom is 0.220 e. The third-order valence-corrected chi connectivity index (χ3v) is 6.26. The van der Waals surface area contributed by atoms with E-state index in [1.165, 1.54) is 0 Å². The molecule has 0 aliphatic rings. The Labute approximate surface area is 209 Å². The molecule has 1 N–H and O–H groups in total. The van der Waals surface area contributed by atoms with Gasteiger partial charge in [-0.1, -0.05) is 43.7 Å². The number of unbranched alkanes of at least 4 members (excludes halogenated alkanes) is 1. The lowest BCUT2D eigenvalue weighted by atomic mass is 10.1. The van der Waals surface area contributed by atoms with Crippen molar-refractivity contribution in [2.24, 2.45) is 0 Å². The number of carbonyl (C=O) groups is 1. The highest BCUT2D eigenvalue weighted by molar-refractivity contribution is 5.78. The lowest BCUT2D eigenvalue weighted by Crippen LogP contribution is -2.27. The highest BCUT2D eigenvalue weighted by atomic mass is 16.5. The van der Waals surface area contributed by atoms with Crippen LogP contribution in [0.25, 0.3) is 22.4 Å². The number of hydrogen-bond donors (Lipinski definition) is 1. The van der Waals surface area contributed by atoms with Gasteiger partial charge in [-0.05, 0) is 49.2 Å². The molecule has 5 aromatic rings. The molecule has 0 saturated carbocycles. The Kier molecular flexibility index (Phi) is 6.93. The SMILES string of the molecule is CCCCOc1ccc(-c2cc3c4nnc(CCC(=O)NC(C)c5ccccc5)n4ccn3n2)cc1. The molecule has 2 aromatic carbocycles. The van der Waals surface area contributed by atoms with E-state index in [2.05, 4.69) is 22.4 Å². The molecule has 1 amide bonds. The summed E-state index contributed by atoms with van der Waals surface area (Å²) in [7, 11) is 0. The summed E-state index contributed by atoms with van der Waals surface area (Å²) in [6.07, 6.45) is 6.76. The van der Waals surface area contributed by atoms with E-state index in [9.17, 15) is 4.79 Å². The largest absolute Gasteiger partial charge is 0.494 e. The minimum atomic E-state index is -0.0457. The molecule has 0 fully saturated rings. The van der Waals surface area contributed by atoms with Crippen LogP contribution in [0.1, 0.15) is 50.5 Å². The number of benzene rings is 2. The summed E-state index contributed by atoms with van der Waals surface area (Å²) < 4.78 is 9.50. The Morgan fingerprint density at radius 3 is 2.64 bits per heavy atom. The summed E-state index contributed by atoms with van der Waals surface area (Å²) in [6, 6.07) is 19.9. The van der Waals surface area contributed by atoms with Crippen LogP contribution in [-0.4, -0.2) is 36.7 Å². The fourth-order valence-electron chi connectivity index (χ4n) is 4.19. The van der Waals surface area contributed by atoms with E-state index in [0.717, 1.165) is 53.4 Å². The molecule has 0 aliphatic heterocycles.